The van der Waals surface area contributed by atoms with Crippen LogP contribution < -0.4 is 10.1 Å². The maximum atomic E-state index is 12.4. The average Bonchev–Trinajstić information content (AvgIpc) is 2.87. The molecule has 0 saturated carbocycles. The molecule has 0 heterocycles. The number of ether oxygens (including phenoxy) is 1. The molecule has 0 saturated heterocycles. The number of nitriles is 1. The zero-order chi connectivity index (χ0) is 23.9. The number of carbonyl (C=O) groups excluding carboxylic acids is 1. The van der Waals surface area contributed by atoms with Crippen LogP contribution in [0.4, 0.5) is 11.4 Å². The van der Waals surface area contributed by atoms with Gasteiger partial charge in [-0.25, -0.2) is 0 Å². The Bertz CT molecular complexity index is 1410. The summed E-state index contributed by atoms with van der Waals surface area (Å²) < 4.78 is 5.93. The molecule has 7 heteroatoms. The molecule has 4 rings (SSSR count). The largest absolute Gasteiger partial charge is 0.489 e. The molecule has 0 radical (unpaired) electrons. The first-order valence-corrected chi connectivity index (χ1v) is 10.4. The third kappa shape index (κ3) is 5.26. The summed E-state index contributed by atoms with van der Waals surface area (Å²) in [6.45, 7) is 0.414. The van der Waals surface area contributed by atoms with Gasteiger partial charge in [0, 0.05) is 17.8 Å². The molecule has 0 atom stereocenters. The highest BCUT2D eigenvalue weighted by Gasteiger charge is 2.11. The number of anilines is 1. The highest BCUT2D eigenvalue weighted by molar-refractivity contribution is 6.09. The Morgan fingerprint density at radius 2 is 1.68 bits per heavy atom. The monoisotopic (exact) mass is 449 g/mol. The lowest BCUT2D eigenvalue weighted by molar-refractivity contribution is -0.384. The number of amides is 1. The Kier molecular flexibility index (Phi) is 6.61. The number of nitro groups is 1. The molecule has 4 aromatic rings. The molecule has 0 fully saturated rings. The molecular weight excluding hydrogens is 430 g/mol. The van der Waals surface area contributed by atoms with Crippen LogP contribution in [0.15, 0.2) is 96.6 Å². The van der Waals surface area contributed by atoms with E-state index in [2.05, 4.69) is 23.5 Å². The Balaban J connectivity index is 1.41. The number of nitrogens with one attached hydrogen (secondary N) is 1. The van der Waals surface area contributed by atoms with Crippen molar-refractivity contribution >= 4 is 34.1 Å². The number of hydrogen-bond acceptors (Lipinski definition) is 5. The topological polar surface area (TPSA) is 105 Å². The normalized spacial score (nSPS) is 11.0. The van der Waals surface area contributed by atoms with Gasteiger partial charge >= 0.3 is 0 Å². The van der Waals surface area contributed by atoms with Crippen LogP contribution >= 0.6 is 0 Å². The highest BCUT2D eigenvalue weighted by atomic mass is 16.6. The predicted molar refractivity (Wildman–Crippen MR) is 130 cm³/mol. The minimum Gasteiger partial charge on any atom is -0.489 e. The lowest BCUT2D eigenvalue weighted by Crippen LogP contribution is -2.13. The SMILES string of the molecule is N#CC(=Cc1ccc(OCc2cccc3ccccc23)cc1)C(=O)Nc1ccc([N+](=O)[O-])cc1. The van der Waals surface area contributed by atoms with Gasteiger partial charge in [0.05, 0.1) is 4.92 Å². The van der Waals surface area contributed by atoms with Crippen LogP contribution in [0, 0.1) is 21.4 Å². The molecular formula is C27H19N3O4. The van der Waals surface area contributed by atoms with Crippen molar-refractivity contribution < 1.29 is 14.5 Å². The van der Waals surface area contributed by atoms with Gasteiger partial charge in [-0.3, -0.25) is 14.9 Å². The second kappa shape index (κ2) is 10.1. The second-order valence-electron chi connectivity index (χ2n) is 7.42. The van der Waals surface area contributed by atoms with Gasteiger partial charge in [0.25, 0.3) is 11.6 Å². The van der Waals surface area contributed by atoms with Gasteiger partial charge in [-0.15, -0.1) is 0 Å². The van der Waals surface area contributed by atoms with Crippen molar-refractivity contribution in [3.8, 4) is 11.8 Å². The van der Waals surface area contributed by atoms with Crippen LogP contribution in [0.25, 0.3) is 16.8 Å². The number of carbonyl (C=O) groups is 1. The first-order valence-electron chi connectivity index (χ1n) is 10.4. The van der Waals surface area contributed by atoms with Crippen LogP contribution in [-0.4, -0.2) is 10.8 Å². The summed E-state index contributed by atoms with van der Waals surface area (Å²) in [5.74, 6) is 0.0616. The van der Waals surface area contributed by atoms with Gasteiger partial charge in [0.1, 0.15) is 24.0 Å². The number of hydrogen-bond donors (Lipinski definition) is 1. The average molecular weight is 449 g/mol. The molecule has 0 bridgehead atoms. The predicted octanol–water partition coefficient (Wildman–Crippen LogP) is 5.87. The van der Waals surface area contributed by atoms with Crippen LogP contribution in [0.2, 0.25) is 0 Å². The van der Waals surface area contributed by atoms with E-state index < -0.39 is 10.8 Å². The van der Waals surface area contributed by atoms with E-state index in [0.717, 1.165) is 16.3 Å². The molecule has 0 aliphatic rings. The zero-order valence-corrected chi connectivity index (χ0v) is 18.0. The second-order valence-corrected chi connectivity index (χ2v) is 7.42. The maximum Gasteiger partial charge on any atom is 0.269 e. The molecule has 0 aliphatic heterocycles. The summed E-state index contributed by atoms with van der Waals surface area (Å²) in [6, 6.07) is 28.6. The molecule has 0 aromatic heterocycles. The van der Waals surface area contributed by atoms with Crippen molar-refractivity contribution in [2.45, 2.75) is 6.61 Å². The summed E-state index contributed by atoms with van der Waals surface area (Å²) in [6.07, 6.45) is 1.47. The van der Waals surface area contributed by atoms with E-state index in [4.69, 9.17) is 4.74 Å². The van der Waals surface area contributed by atoms with Crippen LogP contribution in [0.5, 0.6) is 5.75 Å². The molecule has 1 N–H and O–H groups in total. The number of nitro benzene ring substituents is 1. The molecule has 34 heavy (non-hydrogen) atoms. The van der Waals surface area contributed by atoms with Crippen LogP contribution in [0.1, 0.15) is 11.1 Å². The van der Waals surface area contributed by atoms with Crippen molar-refractivity contribution in [3.05, 3.63) is 118 Å². The Morgan fingerprint density at radius 3 is 2.38 bits per heavy atom. The summed E-state index contributed by atoms with van der Waals surface area (Å²) in [5, 5.41) is 25.0. The Hall–Kier alpha value is -4.96. The molecule has 4 aromatic carbocycles. The molecule has 0 unspecified atom stereocenters. The van der Waals surface area contributed by atoms with E-state index in [9.17, 15) is 20.2 Å². The van der Waals surface area contributed by atoms with Gasteiger partial charge in [0.2, 0.25) is 0 Å². The molecule has 7 nitrogen and oxygen atoms in total. The summed E-state index contributed by atoms with van der Waals surface area (Å²) in [7, 11) is 0. The number of non-ortho nitro benzene ring substituents is 1. The van der Waals surface area contributed by atoms with Crippen molar-refractivity contribution in [2.75, 3.05) is 5.32 Å². The van der Waals surface area contributed by atoms with Gasteiger partial charge in [-0.05, 0) is 52.2 Å². The first-order chi connectivity index (χ1) is 16.5. The standard InChI is InChI=1S/C27H19N3O4/c28-17-22(27(31)29-23-10-12-24(13-11-23)30(32)33)16-19-8-14-25(15-9-19)34-18-21-6-3-5-20-4-1-2-7-26(20)21/h1-16H,18H2,(H,29,31). The van der Waals surface area contributed by atoms with Gasteiger partial charge in [-0.1, -0.05) is 54.6 Å². The van der Waals surface area contributed by atoms with Crippen molar-refractivity contribution in [1.82, 2.24) is 0 Å². The maximum absolute atomic E-state index is 12.4. The van der Waals surface area contributed by atoms with E-state index in [-0.39, 0.29) is 11.3 Å². The minimum atomic E-state index is -0.604. The third-order valence-electron chi connectivity index (χ3n) is 5.17. The lowest BCUT2D eigenvalue weighted by Gasteiger charge is -2.09. The summed E-state index contributed by atoms with van der Waals surface area (Å²) in [4.78, 5) is 22.7. The van der Waals surface area contributed by atoms with Gasteiger partial charge in [0.15, 0.2) is 0 Å². The first kappa shape index (κ1) is 22.2. The molecule has 166 valence electrons. The van der Waals surface area contributed by atoms with E-state index in [1.807, 2.05) is 30.3 Å². The fourth-order valence-electron chi connectivity index (χ4n) is 3.42. The van der Waals surface area contributed by atoms with Crippen molar-refractivity contribution in [2.24, 2.45) is 0 Å². The number of benzene rings is 4. The molecule has 1 amide bonds. The van der Waals surface area contributed by atoms with Crippen LogP contribution in [-0.2, 0) is 11.4 Å². The smallest absolute Gasteiger partial charge is 0.269 e. The van der Waals surface area contributed by atoms with Gasteiger partial charge in [-0.2, -0.15) is 5.26 Å². The number of fused-ring (bicyclic) bond motifs is 1. The number of nitrogens with zero attached hydrogens (tertiary/aromatic N) is 2. The van der Waals surface area contributed by atoms with E-state index in [1.165, 1.54) is 30.3 Å². The van der Waals surface area contributed by atoms with Gasteiger partial charge < -0.3 is 10.1 Å². The summed E-state index contributed by atoms with van der Waals surface area (Å²) in [5.41, 5.74) is 1.91. The van der Waals surface area contributed by atoms with E-state index in [0.29, 0.717) is 23.6 Å². The lowest BCUT2D eigenvalue weighted by atomic mass is 10.1. The van der Waals surface area contributed by atoms with E-state index in [1.54, 1.807) is 24.3 Å². The van der Waals surface area contributed by atoms with Crippen molar-refractivity contribution in [3.63, 3.8) is 0 Å². The highest BCUT2D eigenvalue weighted by Crippen LogP contribution is 2.22. The minimum absolute atomic E-state index is 0.0863. The quantitative estimate of drug-likeness (QED) is 0.164. The third-order valence-corrected chi connectivity index (χ3v) is 5.17. The number of rotatable bonds is 7. The zero-order valence-electron chi connectivity index (χ0n) is 18.0. The summed E-state index contributed by atoms with van der Waals surface area (Å²) >= 11 is 0. The van der Waals surface area contributed by atoms with Crippen molar-refractivity contribution in [1.29, 1.82) is 5.26 Å². The Morgan fingerprint density at radius 1 is 0.971 bits per heavy atom. The fraction of sp³-hybridized carbons (Fsp3) is 0.0370. The van der Waals surface area contributed by atoms with Crippen LogP contribution in [0.3, 0.4) is 0 Å². The fourth-order valence-corrected chi connectivity index (χ4v) is 3.42. The Labute approximate surface area is 195 Å². The molecule has 0 aliphatic carbocycles. The molecule has 0 spiro atoms. The van der Waals surface area contributed by atoms with E-state index >= 15 is 0 Å².